The number of allylic oxidation sites excluding steroid dienone is 1. The van der Waals surface area contributed by atoms with Crippen molar-refractivity contribution in [2.45, 2.75) is 6.61 Å². The quantitative estimate of drug-likeness (QED) is 0.227. The fourth-order valence-corrected chi connectivity index (χ4v) is 2.61. The number of rotatable bonds is 7. The average molecular weight is 402 g/mol. The van der Waals surface area contributed by atoms with Crippen LogP contribution >= 0.6 is 11.6 Å². The molecule has 8 heteroatoms. The van der Waals surface area contributed by atoms with Crippen LogP contribution in [0.25, 0.3) is 6.08 Å². The largest absolute Gasteiger partial charge is 0.484 e. The van der Waals surface area contributed by atoms with Gasteiger partial charge < -0.3 is 9.15 Å². The number of carbonyl (C=O) groups is 1. The lowest BCUT2D eigenvalue weighted by Crippen LogP contribution is -2.00. The second kappa shape index (κ2) is 8.49. The summed E-state index contributed by atoms with van der Waals surface area (Å²) in [6, 6.07) is 12.7. The van der Waals surface area contributed by atoms with Gasteiger partial charge in [-0.3, -0.25) is 14.9 Å². The standard InChI is InChI=1S/C20H13ClFNO5/c21-17-11-13(22)5-10-20(17)27-12-15-7-6-14(28-15)8-9-19(24)16-3-1-2-4-18(16)23(25)26/h1-11H,12H2/b9-8+. The molecule has 3 rings (SSSR count). The van der Waals surface area contributed by atoms with Gasteiger partial charge in [0, 0.05) is 6.07 Å². The van der Waals surface area contributed by atoms with Gasteiger partial charge in [0.1, 0.15) is 29.7 Å². The molecule has 0 unspecified atom stereocenters. The Kier molecular flexibility index (Phi) is 5.86. The van der Waals surface area contributed by atoms with E-state index in [9.17, 15) is 19.3 Å². The third-order valence-electron chi connectivity index (χ3n) is 3.71. The molecule has 2 aromatic carbocycles. The summed E-state index contributed by atoms with van der Waals surface area (Å²) in [5.74, 6) is 0.155. The molecule has 0 spiro atoms. The third kappa shape index (κ3) is 4.63. The molecule has 28 heavy (non-hydrogen) atoms. The van der Waals surface area contributed by atoms with E-state index in [-0.39, 0.29) is 22.9 Å². The molecular formula is C20H13ClFNO5. The molecule has 0 N–H and O–H groups in total. The van der Waals surface area contributed by atoms with E-state index < -0.39 is 16.5 Å². The van der Waals surface area contributed by atoms with Crippen LogP contribution in [-0.2, 0) is 6.61 Å². The molecule has 0 saturated carbocycles. The number of para-hydroxylation sites is 1. The highest BCUT2D eigenvalue weighted by molar-refractivity contribution is 6.32. The number of furan rings is 1. The Morgan fingerprint density at radius 3 is 2.75 bits per heavy atom. The first-order valence-electron chi connectivity index (χ1n) is 8.06. The number of nitro benzene ring substituents is 1. The molecule has 1 aromatic heterocycles. The maximum absolute atomic E-state index is 13.0. The van der Waals surface area contributed by atoms with Crippen LogP contribution in [0.5, 0.6) is 5.75 Å². The summed E-state index contributed by atoms with van der Waals surface area (Å²) in [6.07, 6.45) is 2.61. The fraction of sp³-hybridized carbons (Fsp3) is 0.0500. The summed E-state index contributed by atoms with van der Waals surface area (Å²) in [4.78, 5) is 22.6. The minimum Gasteiger partial charge on any atom is -0.484 e. The summed E-state index contributed by atoms with van der Waals surface area (Å²) < 4.78 is 24.0. The minimum atomic E-state index is -0.607. The number of hydrogen-bond donors (Lipinski definition) is 0. The van der Waals surface area contributed by atoms with Gasteiger partial charge in [-0.15, -0.1) is 0 Å². The van der Waals surface area contributed by atoms with Crippen molar-refractivity contribution in [3.05, 3.63) is 98.7 Å². The number of hydrogen-bond acceptors (Lipinski definition) is 5. The maximum atomic E-state index is 13.0. The van der Waals surface area contributed by atoms with Crippen LogP contribution in [0.4, 0.5) is 10.1 Å². The summed E-state index contributed by atoms with van der Waals surface area (Å²) in [7, 11) is 0. The zero-order chi connectivity index (χ0) is 20.1. The van der Waals surface area contributed by atoms with E-state index in [1.165, 1.54) is 42.5 Å². The number of halogens is 2. The zero-order valence-electron chi connectivity index (χ0n) is 14.3. The number of ether oxygens (including phenoxy) is 1. The first-order valence-corrected chi connectivity index (χ1v) is 8.44. The lowest BCUT2D eigenvalue weighted by molar-refractivity contribution is -0.385. The minimum absolute atomic E-state index is 0.00943. The number of carbonyl (C=O) groups excluding carboxylic acids is 1. The number of benzene rings is 2. The van der Waals surface area contributed by atoms with Crippen LogP contribution in [0.3, 0.4) is 0 Å². The molecule has 0 bridgehead atoms. The normalized spacial score (nSPS) is 10.9. The molecule has 0 aliphatic rings. The van der Waals surface area contributed by atoms with Gasteiger partial charge in [0.2, 0.25) is 0 Å². The Hall–Kier alpha value is -3.45. The van der Waals surface area contributed by atoms with Crippen molar-refractivity contribution in [1.82, 2.24) is 0 Å². The predicted octanol–water partition coefficient (Wildman–Crippen LogP) is 5.46. The predicted molar refractivity (Wildman–Crippen MR) is 101 cm³/mol. The van der Waals surface area contributed by atoms with Crippen LogP contribution in [-0.4, -0.2) is 10.7 Å². The van der Waals surface area contributed by atoms with Crippen molar-refractivity contribution in [3.8, 4) is 5.75 Å². The molecule has 1 heterocycles. The first-order chi connectivity index (χ1) is 13.4. The van der Waals surface area contributed by atoms with E-state index in [1.807, 2.05) is 0 Å². The van der Waals surface area contributed by atoms with E-state index in [1.54, 1.807) is 18.2 Å². The Balaban J connectivity index is 1.66. The molecule has 6 nitrogen and oxygen atoms in total. The van der Waals surface area contributed by atoms with Gasteiger partial charge in [-0.05, 0) is 48.6 Å². The molecule has 3 aromatic rings. The molecular weight excluding hydrogens is 389 g/mol. The van der Waals surface area contributed by atoms with Gasteiger partial charge >= 0.3 is 0 Å². The smallest absolute Gasteiger partial charge is 0.280 e. The van der Waals surface area contributed by atoms with Gasteiger partial charge in [0.05, 0.1) is 15.5 Å². The number of nitrogens with zero attached hydrogens (tertiary/aromatic N) is 1. The molecule has 0 atom stereocenters. The molecule has 0 aliphatic heterocycles. The summed E-state index contributed by atoms with van der Waals surface area (Å²) in [5.41, 5.74) is -0.272. The van der Waals surface area contributed by atoms with Crippen molar-refractivity contribution in [2.24, 2.45) is 0 Å². The Morgan fingerprint density at radius 1 is 1.21 bits per heavy atom. The van der Waals surface area contributed by atoms with Gasteiger partial charge in [-0.2, -0.15) is 0 Å². The molecule has 0 radical (unpaired) electrons. The number of nitro groups is 1. The van der Waals surface area contributed by atoms with E-state index in [0.717, 1.165) is 6.07 Å². The molecule has 0 amide bonds. The summed E-state index contributed by atoms with van der Waals surface area (Å²) in [6.45, 7) is 0.0529. The second-order valence-electron chi connectivity index (χ2n) is 5.64. The molecule has 0 aliphatic carbocycles. The van der Waals surface area contributed by atoms with Crippen molar-refractivity contribution < 1.29 is 23.3 Å². The summed E-state index contributed by atoms with van der Waals surface area (Å²) >= 11 is 5.89. The van der Waals surface area contributed by atoms with Crippen molar-refractivity contribution in [1.29, 1.82) is 0 Å². The van der Waals surface area contributed by atoms with Crippen molar-refractivity contribution >= 4 is 29.1 Å². The van der Waals surface area contributed by atoms with E-state index in [4.69, 9.17) is 20.8 Å². The monoisotopic (exact) mass is 401 g/mol. The second-order valence-corrected chi connectivity index (χ2v) is 6.05. The third-order valence-corrected chi connectivity index (χ3v) is 4.01. The van der Waals surface area contributed by atoms with Crippen molar-refractivity contribution in [2.75, 3.05) is 0 Å². The Morgan fingerprint density at radius 2 is 2.00 bits per heavy atom. The fourth-order valence-electron chi connectivity index (χ4n) is 2.39. The van der Waals surface area contributed by atoms with Crippen LogP contribution < -0.4 is 4.74 Å². The highest BCUT2D eigenvalue weighted by Crippen LogP contribution is 2.26. The average Bonchev–Trinajstić information content (AvgIpc) is 3.13. The van der Waals surface area contributed by atoms with Crippen LogP contribution in [0.15, 0.2) is 65.1 Å². The Labute approximate surface area is 164 Å². The lowest BCUT2D eigenvalue weighted by atomic mass is 10.1. The zero-order valence-corrected chi connectivity index (χ0v) is 15.1. The van der Waals surface area contributed by atoms with Crippen molar-refractivity contribution in [3.63, 3.8) is 0 Å². The number of ketones is 1. The SMILES string of the molecule is O=C(/C=C/c1ccc(COc2ccc(F)cc2Cl)o1)c1ccccc1[N+](=O)[O-]. The van der Waals surface area contributed by atoms with Crippen LogP contribution in [0, 0.1) is 15.9 Å². The van der Waals surface area contributed by atoms with Gasteiger partial charge in [0.25, 0.3) is 5.69 Å². The molecule has 0 saturated heterocycles. The molecule has 0 fully saturated rings. The molecule has 142 valence electrons. The highest BCUT2D eigenvalue weighted by atomic mass is 35.5. The van der Waals surface area contributed by atoms with E-state index >= 15 is 0 Å². The van der Waals surface area contributed by atoms with Gasteiger partial charge in [-0.25, -0.2) is 4.39 Å². The maximum Gasteiger partial charge on any atom is 0.280 e. The van der Waals surface area contributed by atoms with E-state index in [2.05, 4.69) is 0 Å². The summed E-state index contributed by atoms with van der Waals surface area (Å²) in [5, 5.41) is 11.1. The van der Waals surface area contributed by atoms with Gasteiger partial charge in [-0.1, -0.05) is 23.7 Å². The lowest BCUT2D eigenvalue weighted by Gasteiger charge is -2.05. The van der Waals surface area contributed by atoms with Gasteiger partial charge in [0.15, 0.2) is 5.78 Å². The topological polar surface area (TPSA) is 82.6 Å². The highest BCUT2D eigenvalue weighted by Gasteiger charge is 2.17. The van der Waals surface area contributed by atoms with E-state index in [0.29, 0.717) is 17.3 Å². The van der Waals surface area contributed by atoms with Crippen LogP contribution in [0.2, 0.25) is 5.02 Å². The first kappa shape index (κ1) is 19.3. The van der Waals surface area contributed by atoms with Crippen LogP contribution in [0.1, 0.15) is 21.9 Å². The Bertz CT molecular complexity index is 1060.